The Kier molecular flexibility index (Phi) is 4.01. The molecule has 2 aliphatic rings. The number of hydrogen-bond donors (Lipinski definition) is 4. The molecule has 112 valence electrons. The summed E-state index contributed by atoms with van der Waals surface area (Å²) in [5, 5.41) is 8.89. The van der Waals surface area contributed by atoms with Crippen LogP contribution in [0.3, 0.4) is 0 Å². The van der Waals surface area contributed by atoms with Crippen molar-refractivity contribution in [3.63, 3.8) is 0 Å². The van der Waals surface area contributed by atoms with E-state index in [1.165, 1.54) is 17.0 Å². The summed E-state index contributed by atoms with van der Waals surface area (Å²) in [6.45, 7) is 1.79. The lowest BCUT2D eigenvalue weighted by Crippen LogP contribution is -2.44. The summed E-state index contributed by atoms with van der Waals surface area (Å²) in [7, 11) is 0. The lowest BCUT2D eigenvalue weighted by atomic mass is 10.0. The van der Waals surface area contributed by atoms with Crippen LogP contribution in [0.1, 0.15) is 18.4 Å². The van der Waals surface area contributed by atoms with E-state index in [0.29, 0.717) is 6.04 Å². The normalized spacial score (nSPS) is 21.4. The first-order valence-electron chi connectivity index (χ1n) is 7.48. The van der Waals surface area contributed by atoms with Gasteiger partial charge in [0.2, 0.25) is 0 Å². The van der Waals surface area contributed by atoms with Gasteiger partial charge in [-0.2, -0.15) is 0 Å². The molecule has 0 spiro atoms. The number of hydrazine groups is 1. The SMILES string of the molecule is Nc1ccc(CCC2CNC3=C(CCN(N)C=C3)N2)cc1. The van der Waals surface area contributed by atoms with Crippen LogP contribution < -0.4 is 22.2 Å². The molecule has 6 N–H and O–H groups in total. The van der Waals surface area contributed by atoms with Gasteiger partial charge in [-0.05, 0) is 36.6 Å². The van der Waals surface area contributed by atoms with Crippen LogP contribution in [-0.2, 0) is 6.42 Å². The van der Waals surface area contributed by atoms with Crippen LogP contribution in [0.15, 0.2) is 47.9 Å². The van der Waals surface area contributed by atoms with Crippen LogP contribution in [0.4, 0.5) is 5.69 Å². The van der Waals surface area contributed by atoms with Crippen molar-refractivity contribution in [2.75, 3.05) is 18.8 Å². The average Bonchev–Trinajstić information content (AvgIpc) is 2.69. The first-order valence-corrected chi connectivity index (χ1v) is 7.48. The van der Waals surface area contributed by atoms with Crippen molar-refractivity contribution in [3.05, 3.63) is 53.5 Å². The van der Waals surface area contributed by atoms with E-state index in [2.05, 4.69) is 22.8 Å². The van der Waals surface area contributed by atoms with Gasteiger partial charge in [-0.15, -0.1) is 0 Å². The minimum atomic E-state index is 0.457. The smallest absolute Gasteiger partial charge is 0.0549 e. The number of rotatable bonds is 3. The van der Waals surface area contributed by atoms with Crippen molar-refractivity contribution in [3.8, 4) is 0 Å². The third-order valence-electron chi connectivity index (χ3n) is 4.06. The minimum absolute atomic E-state index is 0.457. The zero-order valence-corrected chi connectivity index (χ0v) is 12.2. The number of hydrogen-bond acceptors (Lipinski definition) is 5. The number of nitrogen functional groups attached to an aromatic ring is 1. The summed E-state index contributed by atoms with van der Waals surface area (Å²) in [4.78, 5) is 0. The highest BCUT2D eigenvalue weighted by Crippen LogP contribution is 2.17. The molecule has 0 radical (unpaired) electrons. The van der Waals surface area contributed by atoms with Gasteiger partial charge in [-0.1, -0.05) is 12.1 Å². The number of allylic oxidation sites excluding steroid dienone is 1. The first-order chi connectivity index (χ1) is 10.2. The van der Waals surface area contributed by atoms with Crippen LogP contribution >= 0.6 is 0 Å². The molecule has 0 amide bonds. The Bertz CT molecular complexity index is 546. The van der Waals surface area contributed by atoms with Gasteiger partial charge >= 0.3 is 0 Å². The predicted molar refractivity (Wildman–Crippen MR) is 85.8 cm³/mol. The molecule has 0 bridgehead atoms. The third-order valence-corrected chi connectivity index (χ3v) is 4.06. The standard InChI is InChI=1S/C16H23N5/c17-13-4-1-12(2-5-13)3-6-14-11-19-15-7-9-21(18)10-8-16(15)20-14/h1-2,4-5,7,9,14,19-20H,3,6,8,10-11,17-18H2. The van der Waals surface area contributed by atoms with Crippen molar-refractivity contribution in [1.29, 1.82) is 0 Å². The van der Waals surface area contributed by atoms with E-state index in [0.717, 1.165) is 38.0 Å². The Balaban J connectivity index is 1.56. The topological polar surface area (TPSA) is 79.3 Å². The fraction of sp³-hybridized carbons (Fsp3) is 0.375. The lowest BCUT2D eigenvalue weighted by molar-refractivity contribution is 0.389. The zero-order chi connectivity index (χ0) is 14.7. The molecular weight excluding hydrogens is 262 g/mol. The number of anilines is 1. The van der Waals surface area contributed by atoms with Crippen molar-refractivity contribution >= 4 is 5.69 Å². The summed E-state index contributed by atoms with van der Waals surface area (Å²) in [6, 6.07) is 8.61. The van der Waals surface area contributed by atoms with E-state index in [1.807, 2.05) is 24.4 Å². The highest BCUT2D eigenvalue weighted by atomic mass is 15.4. The Morgan fingerprint density at radius 2 is 2.05 bits per heavy atom. The molecule has 0 aromatic heterocycles. The van der Waals surface area contributed by atoms with Crippen LogP contribution in [-0.4, -0.2) is 24.1 Å². The minimum Gasteiger partial charge on any atom is -0.399 e. The molecule has 0 aliphatic carbocycles. The average molecular weight is 285 g/mol. The number of aryl methyl sites for hydroxylation is 1. The summed E-state index contributed by atoms with van der Waals surface area (Å²) in [5.41, 5.74) is 10.3. The molecule has 1 aromatic rings. The second kappa shape index (κ2) is 6.10. The van der Waals surface area contributed by atoms with E-state index in [-0.39, 0.29) is 0 Å². The largest absolute Gasteiger partial charge is 0.399 e. The van der Waals surface area contributed by atoms with E-state index in [4.69, 9.17) is 11.6 Å². The molecule has 1 aromatic carbocycles. The Hall–Kier alpha value is -2.14. The fourth-order valence-corrected chi connectivity index (χ4v) is 2.77. The molecule has 5 heteroatoms. The molecule has 1 unspecified atom stereocenters. The van der Waals surface area contributed by atoms with Gasteiger partial charge in [0.25, 0.3) is 0 Å². The van der Waals surface area contributed by atoms with E-state index < -0.39 is 0 Å². The Labute approximate surface area is 125 Å². The second-order valence-corrected chi connectivity index (χ2v) is 5.70. The lowest BCUT2D eigenvalue weighted by Gasteiger charge is -2.29. The molecule has 2 aliphatic heterocycles. The van der Waals surface area contributed by atoms with E-state index in [1.54, 1.807) is 5.01 Å². The summed E-state index contributed by atoms with van der Waals surface area (Å²) in [6.07, 6.45) is 7.08. The highest BCUT2D eigenvalue weighted by molar-refractivity contribution is 5.39. The van der Waals surface area contributed by atoms with Crippen LogP contribution in [0.2, 0.25) is 0 Å². The van der Waals surface area contributed by atoms with Gasteiger partial charge in [0.1, 0.15) is 0 Å². The maximum atomic E-state index is 5.82. The van der Waals surface area contributed by atoms with E-state index >= 15 is 0 Å². The Morgan fingerprint density at radius 1 is 1.24 bits per heavy atom. The van der Waals surface area contributed by atoms with Gasteiger partial charge < -0.3 is 21.4 Å². The van der Waals surface area contributed by atoms with Gasteiger partial charge in [0.05, 0.1) is 5.70 Å². The molecular formula is C16H23N5. The van der Waals surface area contributed by atoms with Gasteiger partial charge in [0, 0.05) is 43.1 Å². The summed E-state index contributed by atoms with van der Waals surface area (Å²) >= 11 is 0. The van der Waals surface area contributed by atoms with Crippen molar-refractivity contribution in [2.24, 2.45) is 5.84 Å². The van der Waals surface area contributed by atoms with Crippen molar-refractivity contribution < 1.29 is 0 Å². The maximum Gasteiger partial charge on any atom is 0.0549 e. The quantitative estimate of drug-likeness (QED) is 0.493. The molecule has 0 fully saturated rings. The number of benzene rings is 1. The van der Waals surface area contributed by atoms with Gasteiger partial charge in [-0.3, -0.25) is 0 Å². The fourth-order valence-electron chi connectivity index (χ4n) is 2.77. The molecule has 3 rings (SSSR count). The van der Waals surface area contributed by atoms with Gasteiger partial charge in [0.15, 0.2) is 0 Å². The molecule has 2 heterocycles. The number of nitrogens with two attached hydrogens (primary N) is 2. The first kappa shape index (κ1) is 13.8. The predicted octanol–water partition coefficient (Wildman–Crippen LogP) is 1.07. The van der Waals surface area contributed by atoms with Crippen LogP contribution in [0.5, 0.6) is 0 Å². The third kappa shape index (κ3) is 3.49. The second-order valence-electron chi connectivity index (χ2n) is 5.70. The molecule has 0 saturated heterocycles. The monoisotopic (exact) mass is 285 g/mol. The zero-order valence-electron chi connectivity index (χ0n) is 12.2. The van der Waals surface area contributed by atoms with E-state index in [9.17, 15) is 0 Å². The van der Waals surface area contributed by atoms with Gasteiger partial charge in [-0.25, -0.2) is 5.84 Å². The highest BCUT2D eigenvalue weighted by Gasteiger charge is 2.19. The van der Waals surface area contributed by atoms with Crippen LogP contribution in [0.25, 0.3) is 0 Å². The van der Waals surface area contributed by atoms with Crippen LogP contribution in [0, 0.1) is 0 Å². The molecule has 21 heavy (non-hydrogen) atoms. The number of nitrogens with one attached hydrogen (secondary N) is 2. The molecule has 1 atom stereocenters. The molecule has 5 nitrogen and oxygen atoms in total. The summed E-state index contributed by atoms with van der Waals surface area (Å²) in [5.74, 6) is 5.82. The summed E-state index contributed by atoms with van der Waals surface area (Å²) < 4.78 is 0. The number of nitrogens with zero attached hydrogens (tertiary/aromatic N) is 1. The van der Waals surface area contributed by atoms with Crippen molar-refractivity contribution in [2.45, 2.75) is 25.3 Å². The molecule has 0 saturated carbocycles. The maximum absolute atomic E-state index is 5.82. The van der Waals surface area contributed by atoms with Crippen molar-refractivity contribution in [1.82, 2.24) is 15.6 Å². The Morgan fingerprint density at radius 3 is 2.86 bits per heavy atom.